The van der Waals surface area contributed by atoms with Gasteiger partial charge in [0.05, 0.1) is 0 Å². The molecule has 1 atom stereocenters. The Balaban J connectivity index is 1.69. The van der Waals surface area contributed by atoms with E-state index in [9.17, 15) is 4.79 Å². The summed E-state index contributed by atoms with van der Waals surface area (Å²) < 4.78 is 0. The molecule has 0 aromatic heterocycles. The number of fused-ring (bicyclic) bond motifs is 1. The first-order chi connectivity index (χ1) is 8.33. The molecule has 1 saturated carbocycles. The number of hydrogen-bond donors (Lipinski definition) is 0. The molecule has 0 radical (unpaired) electrons. The van der Waals surface area contributed by atoms with Crippen LogP contribution in [0.15, 0.2) is 11.8 Å². The van der Waals surface area contributed by atoms with E-state index in [-0.39, 0.29) is 0 Å². The monoisotopic (exact) mass is 233 g/mol. The first-order valence-electron chi connectivity index (χ1n) is 7.33. The van der Waals surface area contributed by atoms with Crippen LogP contribution in [0.3, 0.4) is 0 Å². The van der Waals surface area contributed by atoms with Gasteiger partial charge in [-0.25, -0.2) is 0 Å². The predicted octanol–water partition coefficient (Wildman–Crippen LogP) is 3.28. The van der Waals surface area contributed by atoms with Gasteiger partial charge in [0.2, 0.25) is 0 Å². The molecule has 0 N–H and O–H groups in total. The molecule has 1 saturated heterocycles. The second-order valence-corrected chi connectivity index (χ2v) is 6.00. The number of rotatable bonds is 2. The molecule has 0 unspecified atom stereocenters. The van der Waals surface area contributed by atoms with E-state index in [1.165, 1.54) is 63.6 Å². The number of allylic oxidation sites excluding steroid dienone is 2. The van der Waals surface area contributed by atoms with Crippen LogP contribution in [0.2, 0.25) is 0 Å². The zero-order valence-electron chi connectivity index (χ0n) is 10.7. The Morgan fingerprint density at radius 3 is 2.76 bits per heavy atom. The van der Waals surface area contributed by atoms with Crippen molar-refractivity contribution in [1.29, 1.82) is 0 Å². The van der Waals surface area contributed by atoms with E-state index in [1.54, 1.807) is 0 Å². The van der Waals surface area contributed by atoms with Gasteiger partial charge in [0.15, 0.2) is 5.78 Å². The number of nitrogens with zero attached hydrogens (tertiary/aromatic N) is 1. The van der Waals surface area contributed by atoms with Gasteiger partial charge in [0.25, 0.3) is 0 Å². The quantitative estimate of drug-likeness (QED) is 0.729. The third kappa shape index (κ3) is 2.41. The van der Waals surface area contributed by atoms with Gasteiger partial charge in [-0.3, -0.25) is 4.79 Å². The Kier molecular flexibility index (Phi) is 3.21. The summed E-state index contributed by atoms with van der Waals surface area (Å²) in [6.07, 6.45) is 13.4. The zero-order chi connectivity index (χ0) is 11.7. The van der Waals surface area contributed by atoms with Crippen LogP contribution in [-0.2, 0) is 4.79 Å². The molecule has 2 aliphatic heterocycles. The molecule has 94 valence electrons. The van der Waals surface area contributed by atoms with Gasteiger partial charge in [-0.1, -0.05) is 32.1 Å². The second kappa shape index (κ2) is 4.83. The molecule has 0 amide bonds. The van der Waals surface area contributed by atoms with Crippen molar-refractivity contribution in [3.05, 3.63) is 11.8 Å². The number of carbonyl (C=O) groups is 1. The van der Waals surface area contributed by atoms with Crippen LogP contribution >= 0.6 is 0 Å². The highest BCUT2D eigenvalue weighted by Gasteiger charge is 2.32. The number of carbonyl (C=O) groups excluding carboxylic acids is 1. The summed E-state index contributed by atoms with van der Waals surface area (Å²) in [5, 5.41) is 0. The molecule has 1 aliphatic carbocycles. The molecule has 2 fully saturated rings. The van der Waals surface area contributed by atoms with Crippen molar-refractivity contribution in [2.45, 2.75) is 63.8 Å². The average molecular weight is 233 g/mol. The van der Waals surface area contributed by atoms with Crippen LogP contribution in [0, 0.1) is 5.92 Å². The molecular formula is C15H23NO. The maximum atomic E-state index is 11.8. The highest BCUT2D eigenvalue weighted by Crippen LogP contribution is 2.35. The normalized spacial score (nSPS) is 30.4. The minimum absolute atomic E-state index is 0.374. The predicted molar refractivity (Wildman–Crippen MR) is 68.6 cm³/mol. The lowest BCUT2D eigenvalue weighted by Gasteiger charge is -2.34. The summed E-state index contributed by atoms with van der Waals surface area (Å²) >= 11 is 0. The van der Waals surface area contributed by atoms with Crippen molar-refractivity contribution < 1.29 is 4.79 Å². The van der Waals surface area contributed by atoms with Crippen LogP contribution in [0.4, 0.5) is 0 Å². The van der Waals surface area contributed by atoms with Crippen molar-refractivity contribution in [2.24, 2.45) is 5.92 Å². The van der Waals surface area contributed by atoms with Crippen molar-refractivity contribution in [3.8, 4) is 0 Å². The zero-order valence-corrected chi connectivity index (χ0v) is 10.7. The first kappa shape index (κ1) is 11.3. The minimum atomic E-state index is 0.374. The maximum Gasteiger partial charge on any atom is 0.159 e. The van der Waals surface area contributed by atoms with Crippen molar-refractivity contribution in [1.82, 2.24) is 4.90 Å². The van der Waals surface area contributed by atoms with E-state index >= 15 is 0 Å². The Morgan fingerprint density at radius 2 is 1.94 bits per heavy atom. The Bertz CT molecular complexity index is 328. The average Bonchev–Trinajstić information content (AvgIpc) is 2.78. The second-order valence-electron chi connectivity index (χ2n) is 6.00. The highest BCUT2D eigenvalue weighted by atomic mass is 16.1. The lowest BCUT2D eigenvalue weighted by molar-refractivity contribution is -0.116. The van der Waals surface area contributed by atoms with E-state index in [0.717, 1.165) is 12.3 Å². The first-order valence-corrected chi connectivity index (χ1v) is 7.33. The molecule has 17 heavy (non-hydrogen) atoms. The van der Waals surface area contributed by atoms with E-state index in [4.69, 9.17) is 0 Å². The van der Waals surface area contributed by atoms with Crippen LogP contribution < -0.4 is 0 Å². The van der Waals surface area contributed by atoms with E-state index in [2.05, 4.69) is 4.90 Å². The smallest absolute Gasteiger partial charge is 0.159 e. The van der Waals surface area contributed by atoms with Gasteiger partial charge in [-0.2, -0.15) is 0 Å². The van der Waals surface area contributed by atoms with E-state index in [1.807, 2.05) is 6.08 Å². The highest BCUT2D eigenvalue weighted by molar-refractivity contribution is 5.91. The van der Waals surface area contributed by atoms with Gasteiger partial charge in [0.1, 0.15) is 0 Å². The molecule has 0 aromatic rings. The van der Waals surface area contributed by atoms with Gasteiger partial charge in [-0.05, 0) is 25.2 Å². The number of ketones is 1. The molecule has 2 nitrogen and oxygen atoms in total. The SMILES string of the molecule is O=C1C=C(CC2CCCCC2)N2CCC[C@H]2C1. The summed E-state index contributed by atoms with van der Waals surface area (Å²) in [5.74, 6) is 1.22. The van der Waals surface area contributed by atoms with Crippen LogP contribution in [-0.4, -0.2) is 23.3 Å². The third-order valence-electron chi connectivity index (χ3n) is 4.73. The third-order valence-corrected chi connectivity index (χ3v) is 4.73. The van der Waals surface area contributed by atoms with Gasteiger partial charge in [0, 0.05) is 30.8 Å². The maximum absolute atomic E-state index is 11.8. The fraction of sp³-hybridized carbons (Fsp3) is 0.800. The topological polar surface area (TPSA) is 20.3 Å². The summed E-state index contributed by atoms with van der Waals surface area (Å²) in [7, 11) is 0. The summed E-state index contributed by atoms with van der Waals surface area (Å²) in [4.78, 5) is 14.3. The van der Waals surface area contributed by atoms with E-state index < -0.39 is 0 Å². The lowest BCUT2D eigenvalue weighted by atomic mass is 9.85. The van der Waals surface area contributed by atoms with Crippen molar-refractivity contribution in [3.63, 3.8) is 0 Å². The number of hydrogen-bond acceptors (Lipinski definition) is 2. The van der Waals surface area contributed by atoms with Gasteiger partial charge >= 0.3 is 0 Å². The molecule has 2 heterocycles. The van der Waals surface area contributed by atoms with Crippen LogP contribution in [0.5, 0.6) is 0 Å². The van der Waals surface area contributed by atoms with Crippen molar-refractivity contribution in [2.75, 3.05) is 6.54 Å². The Hall–Kier alpha value is -0.790. The van der Waals surface area contributed by atoms with Gasteiger partial charge in [-0.15, -0.1) is 0 Å². The summed E-state index contributed by atoms with van der Waals surface area (Å²) in [6.45, 7) is 1.19. The fourth-order valence-corrected chi connectivity index (χ4v) is 3.85. The largest absolute Gasteiger partial charge is 0.371 e. The van der Waals surface area contributed by atoms with Gasteiger partial charge < -0.3 is 4.90 Å². The Morgan fingerprint density at radius 1 is 1.12 bits per heavy atom. The van der Waals surface area contributed by atoms with E-state index in [0.29, 0.717) is 11.8 Å². The van der Waals surface area contributed by atoms with Crippen molar-refractivity contribution >= 4 is 5.78 Å². The Labute approximate surface area is 104 Å². The molecular weight excluding hydrogens is 210 g/mol. The molecule has 0 bridgehead atoms. The lowest BCUT2D eigenvalue weighted by Crippen LogP contribution is -2.35. The van der Waals surface area contributed by atoms with Crippen LogP contribution in [0.1, 0.15) is 57.8 Å². The molecule has 2 heteroatoms. The standard InChI is InChI=1S/C15H23NO/c17-15-10-13-7-4-8-16(13)14(11-15)9-12-5-2-1-3-6-12/h11-13H,1-10H2/t13-/m0/s1. The summed E-state index contributed by atoms with van der Waals surface area (Å²) in [5.41, 5.74) is 1.37. The molecule has 0 aromatic carbocycles. The molecule has 0 spiro atoms. The van der Waals surface area contributed by atoms with Crippen LogP contribution in [0.25, 0.3) is 0 Å². The minimum Gasteiger partial charge on any atom is -0.371 e. The summed E-state index contributed by atoms with van der Waals surface area (Å²) in [6, 6.07) is 0.547. The molecule has 3 aliphatic rings. The fourth-order valence-electron chi connectivity index (χ4n) is 3.85. The molecule has 3 rings (SSSR count).